The van der Waals surface area contributed by atoms with Gasteiger partial charge in [0.15, 0.2) is 12.4 Å². The van der Waals surface area contributed by atoms with Crippen molar-refractivity contribution in [1.29, 1.82) is 0 Å². The Morgan fingerprint density at radius 1 is 1.14 bits per heavy atom. The van der Waals surface area contributed by atoms with Gasteiger partial charge < -0.3 is 14.8 Å². The van der Waals surface area contributed by atoms with Crippen LogP contribution in [0.4, 0.5) is 14.5 Å². The summed E-state index contributed by atoms with van der Waals surface area (Å²) in [7, 11) is 0. The maximum Gasteiger partial charge on any atom is 0.387 e. The SMILES string of the molecule is O=C(Nc1ccc(OC(F)F)c(Cl)c1)c1ccn(COc2ccc(Cl)cc2)n1. The number of nitrogens with one attached hydrogen (secondary N) is 1. The third kappa shape index (κ3) is 5.34. The number of anilines is 1. The van der Waals surface area contributed by atoms with Gasteiger partial charge in [0, 0.05) is 16.9 Å². The van der Waals surface area contributed by atoms with E-state index in [2.05, 4.69) is 15.2 Å². The van der Waals surface area contributed by atoms with Gasteiger partial charge in [0.2, 0.25) is 0 Å². The van der Waals surface area contributed by atoms with Gasteiger partial charge in [-0.2, -0.15) is 13.9 Å². The summed E-state index contributed by atoms with van der Waals surface area (Å²) in [6.45, 7) is -2.89. The Labute approximate surface area is 168 Å². The van der Waals surface area contributed by atoms with Gasteiger partial charge in [-0.1, -0.05) is 23.2 Å². The van der Waals surface area contributed by atoms with E-state index in [4.69, 9.17) is 27.9 Å². The molecule has 1 aromatic heterocycles. The Morgan fingerprint density at radius 3 is 2.57 bits per heavy atom. The fourth-order valence-corrected chi connectivity index (χ4v) is 2.54. The Hall–Kier alpha value is -2.84. The van der Waals surface area contributed by atoms with Crippen LogP contribution in [0.15, 0.2) is 54.7 Å². The molecule has 0 saturated carbocycles. The second-order valence-electron chi connectivity index (χ2n) is 5.45. The first-order chi connectivity index (χ1) is 13.4. The van der Waals surface area contributed by atoms with E-state index in [9.17, 15) is 13.6 Å². The first kappa shape index (κ1) is 19.9. The molecule has 146 valence electrons. The first-order valence-corrected chi connectivity index (χ1v) is 8.64. The highest BCUT2D eigenvalue weighted by atomic mass is 35.5. The summed E-state index contributed by atoms with van der Waals surface area (Å²) >= 11 is 11.7. The zero-order valence-corrected chi connectivity index (χ0v) is 15.6. The predicted molar refractivity (Wildman–Crippen MR) is 100 cm³/mol. The molecule has 6 nitrogen and oxygen atoms in total. The van der Waals surface area contributed by atoms with Crippen molar-refractivity contribution in [2.24, 2.45) is 0 Å². The van der Waals surface area contributed by atoms with Crippen molar-refractivity contribution in [3.63, 3.8) is 0 Å². The molecule has 3 rings (SSSR count). The molecule has 1 amide bonds. The fraction of sp³-hybridized carbons (Fsp3) is 0.111. The molecule has 0 fully saturated rings. The van der Waals surface area contributed by atoms with Gasteiger partial charge in [-0.3, -0.25) is 4.79 Å². The number of alkyl halides is 2. The normalized spacial score (nSPS) is 10.8. The summed E-state index contributed by atoms with van der Waals surface area (Å²) in [5, 5.41) is 7.23. The lowest BCUT2D eigenvalue weighted by Gasteiger charge is -2.09. The minimum absolute atomic E-state index is 0.0556. The minimum atomic E-state index is -2.99. The van der Waals surface area contributed by atoms with Gasteiger partial charge in [0.1, 0.15) is 11.5 Å². The van der Waals surface area contributed by atoms with E-state index in [-0.39, 0.29) is 23.2 Å². The number of carbonyl (C=O) groups excluding carboxylic acids is 1. The highest BCUT2D eigenvalue weighted by Gasteiger charge is 2.13. The van der Waals surface area contributed by atoms with Gasteiger partial charge >= 0.3 is 6.61 Å². The van der Waals surface area contributed by atoms with Gasteiger partial charge in [-0.05, 0) is 48.5 Å². The van der Waals surface area contributed by atoms with Crippen LogP contribution in [0.3, 0.4) is 0 Å². The topological polar surface area (TPSA) is 65.4 Å². The Bertz CT molecular complexity index is 965. The number of amides is 1. The molecule has 0 bridgehead atoms. The van der Waals surface area contributed by atoms with E-state index in [1.807, 2.05) is 0 Å². The predicted octanol–water partition coefficient (Wildman–Crippen LogP) is 5.08. The molecule has 0 aliphatic heterocycles. The number of aromatic nitrogens is 2. The summed E-state index contributed by atoms with van der Waals surface area (Å²) < 4.78 is 35.7. The molecule has 0 spiro atoms. The molecule has 1 heterocycles. The standard InChI is InChI=1S/C18H13Cl2F2N3O3/c19-11-1-4-13(5-2-11)27-10-25-8-7-15(24-25)17(26)23-12-3-6-16(14(20)9-12)28-18(21)22/h1-9,18H,10H2,(H,23,26). The quantitative estimate of drug-likeness (QED) is 0.570. The van der Waals surface area contributed by atoms with Crippen LogP contribution >= 0.6 is 23.2 Å². The Morgan fingerprint density at radius 2 is 1.89 bits per heavy atom. The summed E-state index contributed by atoms with van der Waals surface area (Å²) in [4.78, 5) is 12.3. The zero-order chi connectivity index (χ0) is 20.1. The maximum atomic E-state index is 12.3. The Balaban J connectivity index is 1.59. The molecule has 3 aromatic rings. The molecule has 2 aromatic carbocycles. The van der Waals surface area contributed by atoms with Gasteiger partial charge in [0.25, 0.3) is 5.91 Å². The summed E-state index contributed by atoms with van der Waals surface area (Å²) in [5.41, 5.74) is 0.451. The molecule has 0 atom stereocenters. The van der Waals surface area contributed by atoms with Crippen LogP contribution in [-0.4, -0.2) is 22.3 Å². The third-order valence-electron chi connectivity index (χ3n) is 3.46. The average Bonchev–Trinajstić information content (AvgIpc) is 3.12. The number of carbonyl (C=O) groups is 1. The molecule has 0 radical (unpaired) electrons. The van der Waals surface area contributed by atoms with E-state index in [1.54, 1.807) is 30.5 Å². The number of halogens is 4. The van der Waals surface area contributed by atoms with E-state index in [1.165, 1.54) is 28.9 Å². The van der Waals surface area contributed by atoms with Crippen LogP contribution in [0.25, 0.3) is 0 Å². The van der Waals surface area contributed by atoms with Crippen LogP contribution in [0, 0.1) is 0 Å². The van der Waals surface area contributed by atoms with Crippen molar-refractivity contribution in [3.8, 4) is 11.5 Å². The number of nitrogens with zero attached hydrogens (tertiary/aromatic N) is 2. The van der Waals surface area contributed by atoms with Crippen molar-refractivity contribution < 1.29 is 23.0 Å². The van der Waals surface area contributed by atoms with Crippen LogP contribution in [0.1, 0.15) is 10.5 Å². The lowest BCUT2D eigenvalue weighted by atomic mass is 10.3. The molecule has 0 saturated heterocycles. The fourth-order valence-electron chi connectivity index (χ4n) is 2.19. The molecular weight excluding hydrogens is 415 g/mol. The molecular formula is C18H13Cl2F2N3O3. The van der Waals surface area contributed by atoms with Crippen LogP contribution in [-0.2, 0) is 6.73 Å². The average molecular weight is 428 g/mol. The number of benzene rings is 2. The highest BCUT2D eigenvalue weighted by molar-refractivity contribution is 6.32. The number of rotatable bonds is 7. The number of hydrogen-bond acceptors (Lipinski definition) is 4. The van der Waals surface area contributed by atoms with E-state index >= 15 is 0 Å². The van der Waals surface area contributed by atoms with Gasteiger partial charge in [-0.25, -0.2) is 4.68 Å². The van der Waals surface area contributed by atoms with Crippen LogP contribution < -0.4 is 14.8 Å². The van der Waals surface area contributed by atoms with Crippen molar-refractivity contribution in [2.75, 3.05) is 5.32 Å². The smallest absolute Gasteiger partial charge is 0.387 e. The van der Waals surface area contributed by atoms with Crippen LogP contribution in [0.5, 0.6) is 11.5 Å². The third-order valence-corrected chi connectivity index (χ3v) is 4.00. The van der Waals surface area contributed by atoms with Crippen LogP contribution in [0.2, 0.25) is 10.0 Å². The maximum absolute atomic E-state index is 12.3. The molecule has 10 heteroatoms. The van der Waals surface area contributed by atoms with Crippen molar-refractivity contribution in [1.82, 2.24) is 9.78 Å². The summed E-state index contributed by atoms with van der Waals surface area (Å²) in [6.07, 6.45) is 1.58. The van der Waals surface area contributed by atoms with E-state index < -0.39 is 12.5 Å². The van der Waals surface area contributed by atoms with E-state index in [0.29, 0.717) is 16.5 Å². The molecule has 0 aliphatic rings. The second kappa shape index (κ2) is 8.90. The minimum Gasteiger partial charge on any atom is -0.471 e. The molecule has 0 aliphatic carbocycles. The van der Waals surface area contributed by atoms with E-state index in [0.717, 1.165) is 0 Å². The largest absolute Gasteiger partial charge is 0.471 e. The van der Waals surface area contributed by atoms with Crippen molar-refractivity contribution >= 4 is 34.8 Å². The monoisotopic (exact) mass is 427 g/mol. The number of ether oxygens (including phenoxy) is 2. The second-order valence-corrected chi connectivity index (χ2v) is 6.29. The zero-order valence-electron chi connectivity index (χ0n) is 14.1. The van der Waals surface area contributed by atoms with Gasteiger partial charge in [-0.15, -0.1) is 0 Å². The summed E-state index contributed by atoms with van der Waals surface area (Å²) in [6, 6.07) is 12.3. The lowest BCUT2D eigenvalue weighted by molar-refractivity contribution is -0.0497. The molecule has 1 N–H and O–H groups in total. The number of hydrogen-bond donors (Lipinski definition) is 1. The Kier molecular flexibility index (Phi) is 6.33. The van der Waals surface area contributed by atoms with Gasteiger partial charge in [0.05, 0.1) is 5.02 Å². The highest BCUT2D eigenvalue weighted by Crippen LogP contribution is 2.29. The van der Waals surface area contributed by atoms with Crippen molar-refractivity contribution in [3.05, 3.63) is 70.5 Å². The first-order valence-electron chi connectivity index (χ1n) is 7.88. The van der Waals surface area contributed by atoms with Crippen molar-refractivity contribution in [2.45, 2.75) is 13.3 Å². The lowest BCUT2D eigenvalue weighted by Crippen LogP contribution is -2.14. The summed E-state index contributed by atoms with van der Waals surface area (Å²) in [5.74, 6) is -0.0752. The molecule has 28 heavy (non-hydrogen) atoms. The molecule has 0 unspecified atom stereocenters.